The predicted molar refractivity (Wildman–Crippen MR) is 70.3 cm³/mol. The molecule has 1 heterocycles. The molecular weight excluding hydrogens is 271 g/mol. The first kappa shape index (κ1) is 14.2. The van der Waals surface area contributed by atoms with Crippen molar-refractivity contribution in [1.29, 1.82) is 5.41 Å². The zero-order valence-electron chi connectivity index (χ0n) is 10.8. The van der Waals surface area contributed by atoms with Gasteiger partial charge in [-0.1, -0.05) is 0 Å². The molecular formula is C12H12F3N5. The molecule has 2 rings (SSSR count). The number of benzene rings is 1. The molecule has 0 aromatic heterocycles. The molecule has 0 fully saturated rings. The van der Waals surface area contributed by atoms with Gasteiger partial charge in [-0.15, -0.1) is 5.11 Å². The summed E-state index contributed by atoms with van der Waals surface area (Å²) in [7, 11) is 3.70. The van der Waals surface area contributed by atoms with E-state index in [1.807, 2.05) is 19.0 Å². The molecule has 1 N–H and O–H groups in total. The fraction of sp³-hybridized carbons (Fsp3) is 0.333. The standard InChI is InChI=1S/C12H12F3N5/c1-20(2)8-5-3-7(4-6-8)17-9-10(12(13,14)15)18-19-11(9)16/h3-6,10,16H,1-2H3. The minimum Gasteiger partial charge on any atom is -0.378 e. The molecule has 0 spiro atoms. The van der Waals surface area contributed by atoms with Gasteiger partial charge in [-0.2, -0.15) is 18.3 Å². The first-order valence-electron chi connectivity index (χ1n) is 5.71. The van der Waals surface area contributed by atoms with E-state index in [4.69, 9.17) is 5.41 Å². The predicted octanol–water partition coefficient (Wildman–Crippen LogP) is 3.20. The Bertz CT molecular complexity index is 572. The van der Waals surface area contributed by atoms with Crippen LogP contribution in [0.15, 0.2) is 39.5 Å². The average Bonchev–Trinajstić information content (AvgIpc) is 2.71. The molecule has 0 radical (unpaired) electrons. The zero-order valence-corrected chi connectivity index (χ0v) is 10.8. The lowest BCUT2D eigenvalue weighted by molar-refractivity contribution is -0.131. The van der Waals surface area contributed by atoms with E-state index in [0.29, 0.717) is 5.69 Å². The highest BCUT2D eigenvalue weighted by molar-refractivity contribution is 6.44. The highest BCUT2D eigenvalue weighted by atomic mass is 19.4. The Morgan fingerprint density at radius 3 is 2.30 bits per heavy atom. The highest BCUT2D eigenvalue weighted by Crippen LogP contribution is 2.29. The smallest absolute Gasteiger partial charge is 0.378 e. The van der Waals surface area contributed by atoms with Crippen molar-refractivity contribution in [2.24, 2.45) is 15.2 Å². The normalized spacial score (nSPS) is 20.8. The molecule has 8 heteroatoms. The van der Waals surface area contributed by atoms with Gasteiger partial charge in [-0.25, -0.2) is 4.99 Å². The van der Waals surface area contributed by atoms with Gasteiger partial charge in [0.1, 0.15) is 5.71 Å². The van der Waals surface area contributed by atoms with Gasteiger partial charge in [-0.05, 0) is 24.3 Å². The molecule has 1 aliphatic heterocycles. The molecule has 1 unspecified atom stereocenters. The van der Waals surface area contributed by atoms with Crippen molar-refractivity contribution >= 4 is 22.9 Å². The van der Waals surface area contributed by atoms with E-state index < -0.39 is 23.8 Å². The van der Waals surface area contributed by atoms with Gasteiger partial charge in [0.15, 0.2) is 5.84 Å². The minimum atomic E-state index is -4.59. The molecule has 0 saturated carbocycles. The SMILES string of the molecule is CN(C)c1ccc(N=C2C(=N)N=NC2C(F)(F)F)cc1. The summed E-state index contributed by atoms with van der Waals surface area (Å²) in [4.78, 5) is 5.71. The second-order valence-corrected chi connectivity index (χ2v) is 4.42. The topological polar surface area (TPSA) is 64.2 Å². The maximum atomic E-state index is 12.7. The molecule has 1 atom stereocenters. The third-order valence-electron chi connectivity index (χ3n) is 2.70. The van der Waals surface area contributed by atoms with Crippen molar-refractivity contribution in [1.82, 2.24) is 0 Å². The number of nitrogens with zero attached hydrogens (tertiary/aromatic N) is 4. The molecule has 20 heavy (non-hydrogen) atoms. The Balaban J connectivity index is 2.31. The molecule has 106 valence electrons. The molecule has 5 nitrogen and oxygen atoms in total. The third-order valence-corrected chi connectivity index (χ3v) is 2.70. The van der Waals surface area contributed by atoms with Crippen LogP contribution in [0.25, 0.3) is 0 Å². The zero-order chi connectivity index (χ0) is 14.9. The highest BCUT2D eigenvalue weighted by Gasteiger charge is 2.48. The Labute approximate surface area is 113 Å². The second-order valence-electron chi connectivity index (χ2n) is 4.42. The molecule has 0 aliphatic carbocycles. The monoisotopic (exact) mass is 283 g/mol. The molecule has 0 saturated heterocycles. The van der Waals surface area contributed by atoms with Crippen LogP contribution < -0.4 is 4.90 Å². The summed E-state index contributed by atoms with van der Waals surface area (Å²) < 4.78 is 38.2. The van der Waals surface area contributed by atoms with E-state index in [2.05, 4.69) is 15.2 Å². The molecule has 0 bridgehead atoms. The Morgan fingerprint density at radius 1 is 1.20 bits per heavy atom. The number of hydrogen-bond donors (Lipinski definition) is 1. The first-order valence-corrected chi connectivity index (χ1v) is 5.71. The van der Waals surface area contributed by atoms with Crippen LogP contribution >= 0.6 is 0 Å². The van der Waals surface area contributed by atoms with E-state index in [1.54, 1.807) is 24.3 Å². The molecule has 0 amide bonds. The van der Waals surface area contributed by atoms with Crippen molar-refractivity contribution in [2.45, 2.75) is 12.2 Å². The van der Waals surface area contributed by atoms with Gasteiger partial charge >= 0.3 is 6.18 Å². The number of nitrogens with one attached hydrogen (secondary N) is 1. The number of rotatable bonds is 2. The van der Waals surface area contributed by atoms with E-state index in [9.17, 15) is 13.2 Å². The van der Waals surface area contributed by atoms with Crippen LogP contribution in [0, 0.1) is 5.41 Å². The summed E-state index contributed by atoms with van der Waals surface area (Å²) in [6.45, 7) is 0. The van der Waals surface area contributed by atoms with Crippen LogP contribution in [0.1, 0.15) is 0 Å². The number of alkyl halides is 3. The summed E-state index contributed by atoms with van der Waals surface area (Å²) in [6, 6.07) is 4.48. The van der Waals surface area contributed by atoms with E-state index in [-0.39, 0.29) is 0 Å². The quantitative estimate of drug-likeness (QED) is 0.890. The van der Waals surface area contributed by atoms with E-state index >= 15 is 0 Å². The van der Waals surface area contributed by atoms with Gasteiger partial charge in [-0.3, -0.25) is 5.41 Å². The number of anilines is 1. The summed E-state index contributed by atoms with van der Waals surface area (Å²) in [5, 5.41) is 13.6. The van der Waals surface area contributed by atoms with E-state index in [0.717, 1.165) is 5.69 Å². The molecule has 1 aromatic rings. The summed E-state index contributed by atoms with van der Waals surface area (Å²) in [5.41, 5.74) is 0.754. The van der Waals surface area contributed by atoms with Crippen LogP contribution in [0.4, 0.5) is 24.5 Å². The van der Waals surface area contributed by atoms with Crippen LogP contribution in [-0.4, -0.2) is 37.9 Å². The van der Waals surface area contributed by atoms with Gasteiger partial charge in [0.05, 0.1) is 5.69 Å². The van der Waals surface area contributed by atoms with E-state index in [1.165, 1.54) is 0 Å². The Morgan fingerprint density at radius 2 is 1.80 bits per heavy atom. The number of amidine groups is 1. The van der Waals surface area contributed by atoms with Crippen LogP contribution in [-0.2, 0) is 0 Å². The molecule has 1 aliphatic rings. The van der Waals surface area contributed by atoms with Gasteiger partial charge < -0.3 is 4.90 Å². The average molecular weight is 283 g/mol. The minimum absolute atomic E-state index is 0.330. The van der Waals surface area contributed by atoms with Gasteiger partial charge in [0.2, 0.25) is 6.04 Å². The maximum Gasteiger partial charge on any atom is 0.418 e. The fourth-order valence-corrected chi connectivity index (χ4v) is 1.65. The maximum absolute atomic E-state index is 12.7. The Hall–Kier alpha value is -2.25. The summed E-state index contributed by atoms with van der Waals surface area (Å²) in [5.74, 6) is -0.552. The summed E-state index contributed by atoms with van der Waals surface area (Å²) >= 11 is 0. The van der Waals surface area contributed by atoms with Gasteiger partial charge in [0, 0.05) is 19.8 Å². The number of aliphatic imine (C=N–C) groups is 1. The number of hydrogen-bond acceptors (Lipinski definition) is 4. The largest absolute Gasteiger partial charge is 0.418 e. The lowest BCUT2D eigenvalue weighted by atomic mass is 10.1. The third kappa shape index (κ3) is 2.84. The second kappa shape index (κ2) is 5.03. The van der Waals surface area contributed by atoms with Crippen LogP contribution in [0.2, 0.25) is 0 Å². The van der Waals surface area contributed by atoms with Gasteiger partial charge in [0.25, 0.3) is 0 Å². The van der Waals surface area contributed by atoms with Crippen molar-refractivity contribution in [3.63, 3.8) is 0 Å². The van der Waals surface area contributed by atoms with Crippen LogP contribution in [0.3, 0.4) is 0 Å². The summed E-state index contributed by atoms with van der Waals surface area (Å²) in [6.07, 6.45) is -4.59. The number of azo groups is 1. The first-order chi connectivity index (χ1) is 9.29. The van der Waals surface area contributed by atoms with Crippen LogP contribution in [0.5, 0.6) is 0 Å². The van der Waals surface area contributed by atoms with Crippen molar-refractivity contribution in [3.05, 3.63) is 24.3 Å². The fourth-order valence-electron chi connectivity index (χ4n) is 1.65. The Kier molecular flexibility index (Phi) is 3.56. The lowest BCUT2D eigenvalue weighted by Crippen LogP contribution is -2.34. The van der Waals surface area contributed by atoms with Crippen molar-refractivity contribution < 1.29 is 13.2 Å². The number of halogens is 3. The van der Waals surface area contributed by atoms with Crippen molar-refractivity contribution in [3.8, 4) is 0 Å². The van der Waals surface area contributed by atoms with Crippen molar-refractivity contribution in [2.75, 3.05) is 19.0 Å². The molecule has 1 aromatic carbocycles. The lowest BCUT2D eigenvalue weighted by Gasteiger charge is -2.13.